The van der Waals surface area contributed by atoms with Crippen LogP contribution in [-0.2, 0) is 10.2 Å². The number of benzene rings is 1. The van der Waals surface area contributed by atoms with Gasteiger partial charge in [-0.25, -0.2) is 0 Å². The molecule has 1 aromatic rings. The van der Waals surface area contributed by atoms with E-state index in [4.69, 9.17) is 4.74 Å². The lowest BCUT2D eigenvalue weighted by molar-refractivity contribution is -0.0453. The summed E-state index contributed by atoms with van der Waals surface area (Å²) < 4.78 is 6.01. The summed E-state index contributed by atoms with van der Waals surface area (Å²) in [6.45, 7) is 9.26. The van der Waals surface area contributed by atoms with Gasteiger partial charge in [0, 0.05) is 38.1 Å². The molecule has 0 aromatic heterocycles. The van der Waals surface area contributed by atoms with Gasteiger partial charge in [0.05, 0.1) is 12.7 Å². The molecule has 0 aliphatic carbocycles. The average molecular weight is 345 g/mol. The largest absolute Gasteiger partial charge is 0.373 e. The molecule has 2 saturated heterocycles. The van der Waals surface area contributed by atoms with E-state index in [-0.39, 0.29) is 11.5 Å². The van der Waals surface area contributed by atoms with Crippen molar-refractivity contribution in [3.8, 4) is 0 Å². The van der Waals surface area contributed by atoms with Gasteiger partial charge in [0.15, 0.2) is 5.96 Å². The molecule has 2 atom stereocenters. The van der Waals surface area contributed by atoms with Gasteiger partial charge < -0.3 is 15.4 Å². The van der Waals surface area contributed by atoms with Gasteiger partial charge in [-0.05, 0) is 24.9 Å². The Kier molecular flexibility index (Phi) is 5.97. The minimum Gasteiger partial charge on any atom is -0.373 e. The number of morpholine rings is 1. The van der Waals surface area contributed by atoms with Gasteiger partial charge >= 0.3 is 0 Å². The van der Waals surface area contributed by atoms with Gasteiger partial charge in [-0.3, -0.25) is 9.89 Å². The van der Waals surface area contributed by atoms with Crippen molar-refractivity contribution in [3.63, 3.8) is 0 Å². The Hall–Kier alpha value is -1.59. The third kappa shape index (κ3) is 4.73. The summed E-state index contributed by atoms with van der Waals surface area (Å²) in [5.74, 6) is 0.844. The Morgan fingerprint density at radius 1 is 1.28 bits per heavy atom. The number of aliphatic imine (C=N–C) groups is 1. The molecule has 0 bridgehead atoms. The van der Waals surface area contributed by atoms with Crippen molar-refractivity contribution in [1.82, 2.24) is 15.5 Å². The van der Waals surface area contributed by atoms with Crippen LogP contribution in [0.2, 0.25) is 0 Å². The van der Waals surface area contributed by atoms with Crippen molar-refractivity contribution in [2.45, 2.75) is 44.2 Å². The highest BCUT2D eigenvalue weighted by Gasteiger charge is 2.32. The molecule has 2 unspecified atom stereocenters. The second-order valence-corrected chi connectivity index (χ2v) is 7.80. The zero-order valence-electron chi connectivity index (χ0n) is 15.8. The molecule has 2 fully saturated rings. The average Bonchev–Trinajstić information content (AvgIpc) is 3.10. The van der Waals surface area contributed by atoms with E-state index in [2.05, 4.69) is 64.7 Å². The first kappa shape index (κ1) is 18.2. The van der Waals surface area contributed by atoms with Crippen LogP contribution < -0.4 is 10.6 Å². The Labute approximate surface area is 151 Å². The highest BCUT2D eigenvalue weighted by molar-refractivity contribution is 5.79. The Balaban J connectivity index is 1.45. The highest BCUT2D eigenvalue weighted by atomic mass is 16.5. The SMILES string of the molecule is CN=C(NCC1CN2CCCC2CO1)NCC(C)(C)c1ccccc1. The fraction of sp³-hybridized carbons (Fsp3) is 0.650. The molecule has 2 aliphatic heterocycles. The lowest BCUT2D eigenvalue weighted by Gasteiger charge is -2.35. The molecule has 25 heavy (non-hydrogen) atoms. The lowest BCUT2D eigenvalue weighted by Crippen LogP contribution is -2.52. The Morgan fingerprint density at radius 2 is 2.08 bits per heavy atom. The molecule has 138 valence electrons. The van der Waals surface area contributed by atoms with E-state index >= 15 is 0 Å². The van der Waals surface area contributed by atoms with Crippen molar-refractivity contribution in [3.05, 3.63) is 35.9 Å². The van der Waals surface area contributed by atoms with Crippen LogP contribution in [0.3, 0.4) is 0 Å². The second-order valence-electron chi connectivity index (χ2n) is 7.80. The Morgan fingerprint density at radius 3 is 2.84 bits per heavy atom. The molecule has 2 heterocycles. The molecule has 5 nitrogen and oxygen atoms in total. The third-order valence-corrected chi connectivity index (χ3v) is 5.44. The van der Waals surface area contributed by atoms with Gasteiger partial charge in [-0.1, -0.05) is 44.2 Å². The number of nitrogens with zero attached hydrogens (tertiary/aromatic N) is 2. The first-order chi connectivity index (χ1) is 12.1. The minimum atomic E-state index is 0.0446. The third-order valence-electron chi connectivity index (χ3n) is 5.44. The fourth-order valence-corrected chi connectivity index (χ4v) is 3.74. The van der Waals surface area contributed by atoms with Gasteiger partial charge in [0.25, 0.3) is 0 Å². The van der Waals surface area contributed by atoms with Crippen molar-refractivity contribution >= 4 is 5.96 Å². The van der Waals surface area contributed by atoms with Crippen LogP contribution in [0.4, 0.5) is 0 Å². The van der Waals surface area contributed by atoms with Crippen LogP contribution in [0.15, 0.2) is 35.3 Å². The van der Waals surface area contributed by atoms with Crippen LogP contribution in [0.1, 0.15) is 32.3 Å². The van der Waals surface area contributed by atoms with Crippen LogP contribution in [0.5, 0.6) is 0 Å². The molecular weight excluding hydrogens is 312 g/mol. The number of nitrogens with one attached hydrogen (secondary N) is 2. The van der Waals surface area contributed by atoms with Crippen molar-refractivity contribution in [2.24, 2.45) is 4.99 Å². The Bertz CT molecular complexity index is 572. The van der Waals surface area contributed by atoms with Crippen molar-refractivity contribution < 1.29 is 4.74 Å². The summed E-state index contributed by atoms with van der Waals surface area (Å²) in [5, 5.41) is 6.89. The van der Waals surface area contributed by atoms with E-state index < -0.39 is 0 Å². The van der Waals surface area contributed by atoms with Crippen LogP contribution in [-0.4, -0.2) is 62.8 Å². The number of guanidine groups is 1. The summed E-state index contributed by atoms with van der Waals surface area (Å²) in [6.07, 6.45) is 2.85. The monoisotopic (exact) mass is 344 g/mol. The van der Waals surface area contributed by atoms with Crippen LogP contribution >= 0.6 is 0 Å². The van der Waals surface area contributed by atoms with Crippen molar-refractivity contribution in [2.75, 3.05) is 39.8 Å². The minimum absolute atomic E-state index is 0.0446. The topological polar surface area (TPSA) is 48.9 Å². The van der Waals surface area contributed by atoms with E-state index in [0.29, 0.717) is 6.04 Å². The summed E-state index contributed by atoms with van der Waals surface area (Å²) in [5.41, 5.74) is 1.37. The smallest absolute Gasteiger partial charge is 0.191 e. The predicted octanol–water partition coefficient (Wildman–Crippen LogP) is 1.99. The first-order valence-electron chi connectivity index (χ1n) is 9.44. The van der Waals surface area contributed by atoms with Gasteiger partial charge in [-0.15, -0.1) is 0 Å². The summed E-state index contributed by atoms with van der Waals surface area (Å²) >= 11 is 0. The van der Waals surface area contributed by atoms with Gasteiger partial charge in [0.2, 0.25) is 0 Å². The number of rotatable bonds is 5. The molecule has 1 aromatic carbocycles. The first-order valence-corrected chi connectivity index (χ1v) is 9.44. The number of fused-ring (bicyclic) bond motifs is 1. The van der Waals surface area contributed by atoms with E-state index in [1.807, 2.05) is 7.05 Å². The standard InChI is InChI=1S/C20H32N4O/c1-20(2,16-8-5-4-6-9-16)15-23-19(21-3)22-12-18-13-24-11-7-10-17(24)14-25-18/h4-6,8-9,17-18H,7,10-15H2,1-3H3,(H2,21,22,23). The number of hydrogen-bond donors (Lipinski definition) is 2. The van der Waals surface area contributed by atoms with Gasteiger partial charge in [-0.2, -0.15) is 0 Å². The van der Waals surface area contributed by atoms with E-state index in [0.717, 1.165) is 32.2 Å². The van der Waals surface area contributed by atoms with Crippen LogP contribution in [0, 0.1) is 0 Å². The molecule has 0 saturated carbocycles. The quantitative estimate of drug-likeness (QED) is 0.634. The molecular formula is C20H32N4O. The number of hydrogen-bond acceptors (Lipinski definition) is 3. The van der Waals surface area contributed by atoms with Gasteiger partial charge in [0.1, 0.15) is 0 Å². The zero-order valence-corrected chi connectivity index (χ0v) is 15.8. The maximum atomic E-state index is 6.01. The lowest BCUT2D eigenvalue weighted by atomic mass is 9.85. The summed E-state index contributed by atoms with van der Waals surface area (Å²) in [6, 6.07) is 11.3. The predicted molar refractivity (Wildman–Crippen MR) is 103 cm³/mol. The highest BCUT2D eigenvalue weighted by Crippen LogP contribution is 2.23. The maximum absolute atomic E-state index is 6.01. The van der Waals surface area contributed by atoms with E-state index in [1.165, 1.54) is 24.9 Å². The molecule has 0 radical (unpaired) electrons. The van der Waals surface area contributed by atoms with E-state index in [9.17, 15) is 0 Å². The molecule has 3 rings (SSSR count). The summed E-state index contributed by atoms with van der Waals surface area (Å²) in [7, 11) is 1.82. The fourth-order valence-electron chi connectivity index (χ4n) is 3.74. The second kappa shape index (κ2) is 8.19. The molecule has 0 spiro atoms. The maximum Gasteiger partial charge on any atom is 0.191 e. The zero-order chi connectivity index (χ0) is 17.7. The molecule has 2 aliphatic rings. The molecule has 5 heteroatoms. The normalized spacial score (nSPS) is 24.8. The number of ether oxygens (including phenoxy) is 1. The van der Waals surface area contributed by atoms with Crippen LogP contribution in [0.25, 0.3) is 0 Å². The van der Waals surface area contributed by atoms with E-state index in [1.54, 1.807) is 0 Å². The molecule has 2 N–H and O–H groups in total. The molecule has 0 amide bonds. The summed E-state index contributed by atoms with van der Waals surface area (Å²) in [4.78, 5) is 6.93. The van der Waals surface area contributed by atoms with Crippen molar-refractivity contribution in [1.29, 1.82) is 0 Å².